The summed E-state index contributed by atoms with van der Waals surface area (Å²) in [5.41, 5.74) is 7.06. The van der Waals surface area contributed by atoms with Gasteiger partial charge in [-0.25, -0.2) is 4.79 Å². The number of carbonyl (C=O) groups is 1. The molecule has 1 aromatic carbocycles. The van der Waals surface area contributed by atoms with E-state index in [0.717, 1.165) is 19.6 Å². The highest BCUT2D eigenvalue weighted by Crippen LogP contribution is 2.35. The number of carboxylic acids is 1. The van der Waals surface area contributed by atoms with Gasteiger partial charge in [-0.2, -0.15) is 0 Å². The van der Waals surface area contributed by atoms with Crippen LogP contribution in [0.3, 0.4) is 0 Å². The number of likely N-dealkylation sites (N-methyl/N-ethyl adjacent to an activating group) is 1. The number of anilines is 1. The van der Waals surface area contributed by atoms with Gasteiger partial charge in [0.15, 0.2) is 0 Å². The van der Waals surface area contributed by atoms with E-state index in [1.54, 1.807) is 0 Å². The molecule has 0 heterocycles. The molecule has 1 rings (SSSR count). The number of aromatic carboxylic acids is 1. The summed E-state index contributed by atoms with van der Waals surface area (Å²) in [6, 6.07) is 1.33. The summed E-state index contributed by atoms with van der Waals surface area (Å²) in [6.07, 6.45) is 0.595. The topological polar surface area (TPSA) is 75.8 Å². The summed E-state index contributed by atoms with van der Waals surface area (Å²) in [5.74, 6) is -0.778. The Bertz CT molecular complexity index is 488. The van der Waals surface area contributed by atoms with E-state index in [0.29, 0.717) is 23.4 Å². The smallest absolute Gasteiger partial charge is 0.339 e. The zero-order valence-corrected chi connectivity index (χ0v) is 12.8. The van der Waals surface area contributed by atoms with Crippen molar-refractivity contribution in [3.63, 3.8) is 0 Å². The van der Waals surface area contributed by atoms with Crippen molar-refractivity contribution in [3.8, 4) is 5.75 Å². The van der Waals surface area contributed by atoms with Gasteiger partial charge in [0.25, 0.3) is 0 Å². The SMILES string of the molecule is CCN(CC)CCc1c(N)c(Cl)cc(C(=O)O)c1OC. The van der Waals surface area contributed by atoms with E-state index in [9.17, 15) is 9.90 Å². The molecule has 0 aliphatic heterocycles. The predicted molar refractivity (Wildman–Crippen MR) is 80.9 cm³/mol. The van der Waals surface area contributed by atoms with Crippen LogP contribution < -0.4 is 10.5 Å². The quantitative estimate of drug-likeness (QED) is 0.757. The van der Waals surface area contributed by atoms with Crippen molar-refractivity contribution in [2.75, 3.05) is 32.5 Å². The highest BCUT2D eigenvalue weighted by Gasteiger charge is 2.20. The van der Waals surface area contributed by atoms with Crippen LogP contribution in [0, 0.1) is 0 Å². The Kier molecular flexibility index (Phi) is 6.10. The molecule has 0 unspecified atom stereocenters. The van der Waals surface area contributed by atoms with Gasteiger partial charge in [-0.1, -0.05) is 25.4 Å². The van der Waals surface area contributed by atoms with Crippen LogP contribution in [0.4, 0.5) is 5.69 Å². The van der Waals surface area contributed by atoms with Crippen molar-refractivity contribution in [2.45, 2.75) is 20.3 Å². The Balaban J connectivity index is 3.18. The fraction of sp³-hybridized carbons (Fsp3) is 0.500. The summed E-state index contributed by atoms with van der Waals surface area (Å²) < 4.78 is 5.24. The second-order valence-electron chi connectivity index (χ2n) is 4.41. The molecule has 0 aliphatic carbocycles. The number of carboxylic acid groups (broad SMARTS) is 1. The molecule has 0 amide bonds. The van der Waals surface area contributed by atoms with E-state index >= 15 is 0 Å². The van der Waals surface area contributed by atoms with E-state index in [1.807, 2.05) is 0 Å². The average Bonchev–Trinajstić information content (AvgIpc) is 2.43. The summed E-state index contributed by atoms with van der Waals surface area (Å²) in [5, 5.41) is 9.46. The fourth-order valence-electron chi connectivity index (χ4n) is 2.15. The standard InChI is InChI=1S/C14H21ClN2O3/c1-4-17(5-2)7-6-9-12(16)11(15)8-10(14(18)19)13(9)20-3/h8H,4-7,16H2,1-3H3,(H,18,19). The Morgan fingerprint density at radius 2 is 2.05 bits per heavy atom. The number of nitrogen functional groups attached to an aromatic ring is 1. The molecule has 0 atom stereocenters. The first-order chi connectivity index (χ1) is 9.46. The van der Waals surface area contributed by atoms with E-state index in [2.05, 4.69) is 18.7 Å². The number of ether oxygens (including phenoxy) is 1. The largest absolute Gasteiger partial charge is 0.495 e. The lowest BCUT2D eigenvalue weighted by atomic mass is 10.0. The Morgan fingerprint density at radius 1 is 1.45 bits per heavy atom. The van der Waals surface area contributed by atoms with Crippen LogP contribution in [-0.4, -0.2) is 42.7 Å². The van der Waals surface area contributed by atoms with E-state index < -0.39 is 5.97 Å². The number of rotatable bonds is 7. The molecular weight excluding hydrogens is 280 g/mol. The van der Waals surface area contributed by atoms with Gasteiger partial charge >= 0.3 is 5.97 Å². The molecule has 0 saturated heterocycles. The highest BCUT2D eigenvalue weighted by molar-refractivity contribution is 6.33. The Morgan fingerprint density at radius 3 is 2.50 bits per heavy atom. The van der Waals surface area contributed by atoms with Crippen molar-refractivity contribution in [1.29, 1.82) is 0 Å². The van der Waals surface area contributed by atoms with Crippen molar-refractivity contribution < 1.29 is 14.6 Å². The molecular formula is C14H21ClN2O3. The van der Waals surface area contributed by atoms with E-state index in [-0.39, 0.29) is 10.6 Å². The van der Waals surface area contributed by atoms with Crippen molar-refractivity contribution in [1.82, 2.24) is 4.90 Å². The normalized spacial score (nSPS) is 10.8. The van der Waals surface area contributed by atoms with Gasteiger partial charge in [0, 0.05) is 12.1 Å². The Hall–Kier alpha value is -1.46. The van der Waals surface area contributed by atoms with Gasteiger partial charge < -0.3 is 20.5 Å². The minimum Gasteiger partial charge on any atom is -0.495 e. The third kappa shape index (κ3) is 3.55. The van der Waals surface area contributed by atoms with Crippen molar-refractivity contribution >= 4 is 23.3 Å². The summed E-state index contributed by atoms with van der Waals surface area (Å²) >= 11 is 6.02. The molecule has 0 fully saturated rings. The maximum absolute atomic E-state index is 11.3. The van der Waals surface area contributed by atoms with Gasteiger partial charge in [-0.05, 0) is 25.6 Å². The van der Waals surface area contributed by atoms with Crippen LogP contribution in [-0.2, 0) is 6.42 Å². The van der Waals surface area contributed by atoms with Crippen molar-refractivity contribution in [2.24, 2.45) is 0 Å². The van der Waals surface area contributed by atoms with Crippen LogP contribution in [0.2, 0.25) is 5.02 Å². The number of halogens is 1. The summed E-state index contributed by atoms with van der Waals surface area (Å²) in [6.45, 7) is 6.76. The molecule has 0 saturated carbocycles. The lowest BCUT2D eigenvalue weighted by Crippen LogP contribution is -2.26. The van der Waals surface area contributed by atoms with Crippen LogP contribution in [0.25, 0.3) is 0 Å². The van der Waals surface area contributed by atoms with Gasteiger partial charge in [0.2, 0.25) is 0 Å². The first-order valence-corrected chi connectivity index (χ1v) is 6.94. The molecule has 0 spiro atoms. The zero-order valence-electron chi connectivity index (χ0n) is 12.1. The van der Waals surface area contributed by atoms with Crippen LogP contribution in [0.5, 0.6) is 5.75 Å². The minimum atomic E-state index is -1.08. The molecule has 0 radical (unpaired) electrons. The highest BCUT2D eigenvalue weighted by atomic mass is 35.5. The first kappa shape index (κ1) is 16.6. The van der Waals surface area contributed by atoms with Gasteiger partial charge in [0.05, 0.1) is 17.8 Å². The molecule has 0 aromatic heterocycles. The minimum absolute atomic E-state index is 0.0428. The third-order valence-corrected chi connectivity index (χ3v) is 3.69. The molecule has 1 aromatic rings. The third-order valence-electron chi connectivity index (χ3n) is 3.38. The molecule has 20 heavy (non-hydrogen) atoms. The molecule has 0 bridgehead atoms. The number of hydrogen-bond donors (Lipinski definition) is 2. The maximum Gasteiger partial charge on any atom is 0.339 e. The van der Waals surface area contributed by atoms with Gasteiger partial charge in [-0.3, -0.25) is 0 Å². The first-order valence-electron chi connectivity index (χ1n) is 6.56. The lowest BCUT2D eigenvalue weighted by Gasteiger charge is -2.20. The molecule has 5 nitrogen and oxygen atoms in total. The van der Waals surface area contributed by atoms with Crippen molar-refractivity contribution in [3.05, 3.63) is 22.2 Å². The predicted octanol–water partition coefficient (Wildman–Crippen LogP) is 2.51. The van der Waals surface area contributed by atoms with Gasteiger partial charge in [-0.15, -0.1) is 0 Å². The number of nitrogens with zero attached hydrogens (tertiary/aromatic N) is 1. The summed E-state index contributed by atoms with van der Waals surface area (Å²) in [4.78, 5) is 13.5. The van der Waals surface area contributed by atoms with Crippen LogP contribution in [0.15, 0.2) is 6.07 Å². The second kappa shape index (κ2) is 7.36. The van der Waals surface area contributed by atoms with Gasteiger partial charge in [0.1, 0.15) is 11.3 Å². The van der Waals surface area contributed by atoms with Crippen LogP contribution in [0.1, 0.15) is 29.8 Å². The summed E-state index contributed by atoms with van der Waals surface area (Å²) in [7, 11) is 1.44. The molecule has 112 valence electrons. The lowest BCUT2D eigenvalue weighted by molar-refractivity contribution is 0.0693. The Labute approximate surface area is 124 Å². The average molecular weight is 301 g/mol. The number of nitrogens with two attached hydrogens (primary N) is 1. The second-order valence-corrected chi connectivity index (χ2v) is 4.82. The number of benzene rings is 1. The number of methoxy groups -OCH3 is 1. The number of hydrogen-bond acceptors (Lipinski definition) is 4. The molecule has 6 heteroatoms. The van der Waals surface area contributed by atoms with E-state index in [4.69, 9.17) is 22.1 Å². The molecule has 0 aliphatic rings. The van der Waals surface area contributed by atoms with Crippen LogP contribution >= 0.6 is 11.6 Å². The fourth-order valence-corrected chi connectivity index (χ4v) is 2.37. The van der Waals surface area contributed by atoms with E-state index in [1.165, 1.54) is 13.2 Å². The molecule has 3 N–H and O–H groups in total. The zero-order chi connectivity index (χ0) is 15.3. The maximum atomic E-state index is 11.3. The monoisotopic (exact) mass is 300 g/mol.